The molecule has 0 aromatic rings. The zero-order chi connectivity index (χ0) is 44.7. The summed E-state index contributed by atoms with van der Waals surface area (Å²) in [5.41, 5.74) is 0. The second-order valence-corrected chi connectivity index (χ2v) is 19.6. The summed E-state index contributed by atoms with van der Waals surface area (Å²) >= 11 is 0. The van der Waals surface area contributed by atoms with E-state index in [2.05, 4.69) is 34.6 Å². The van der Waals surface area contributed by atoms with Crippen LogP contribution in [-0.4, -0.2) is 37.2 Å². The minimum absolute atomic E-state index is 0.0632. The average molecular weight is 863 g/mol. The SMILES string of the molecule is CCCCCCCCCCCCCCC(=O)O[C@H](COC(=O)CCCCCCCCCCCCCCCCC(C)C)COC(=O)CCCCCCCCCCCCC(C)CC. The predicted molar refractivity (Wildman–Crippen MR) is 261 cm³/mol. The van der Waals surface area contributed by atoms with E-state index in [1.165, 1.54) is 193 Å². The molecular formula is C55H106O6. The Bertz CT molecular complexity index is 933. The Kier molecular flexibility index (Phi) is 46.6. The minimum atomic E-state index is -0.762. The lowest BCUT2D eigenvalue weighted by Gasteiger charge is -2.18. The van der Waals surface area contributed by atoms with Crippen LogP contribution >= 0.6 is 0 Å². The van der Waals surface area contributed by atoms with Crippen LogP contribution in [0.3, 0.4) is 0 Å². The molecule has 1 unspecified atom stereocenters. The summed E-state index contributed by atoms with van der Waals surface area (Å²) in [4.78, 5) is 38.0. The molecule has 0 bridgehead atoms. The van der Waals surface area contributed by atoms with Crippen molar-refractivity contribution < 1.29 is 28.6 Å². The summed E-state index contributed by atoms with van der Waals surface area (Å²) in [6, 6.07) is 0. The number of carbonyl (C=O) groups is 3. The molecule has 0 saturated carbocycles. The molecular weight excluding hydrogens is 757 g/mol. The molecule has 6 heteroatoms. The highest BCUT2D eigenvalue weighted by atomic mass is 16.6. The van der Waals surface area contributed by atoms with E-state index in [4.69, 9.17) is 14.2 Å². The van der Waals surface area contributed by atoms with Gasteiger partial charge in [0.25, 0.3) is 0 Å². The van der Waals surface area contributed by atoms with Crippen LogP contribution < -0.4 is 0 Å². The van der Waals surface area contributed by atoms with Crippen molar-refractivity contribution in [3.05, 3.63) is 0 Å². The molecule has 0 fully saturated rings. The molecule has 0 heterocycles. The summed E-state index contributed by atoms with van der Waals surface area (Å²) in [7, 11) is 0. The normalized spacial score (nSPS) is 12.5. The fraction of sp³-hybridized carbons (Fsp3) is 0.945. The van der Waals surface area contributed by atoms with Crippen molar-refractivity contribution in [2.75, 3.05) is 13.2 Å². The van der Waals surface area contributed by atoms with Gasteiger partial charge in [-0.15, -0.1) is 0 Å². The lowest BCUT2D eigenvalue weighted by molar-refractivity contribution is -0.167. The van der Waals surface area contributed by atoms with Crippen LogP contribution in [0.4, 0.5) is 0 Å². The second kappa shape index (κ2) is 47.9. The molecule has 0 aliphatic carbocycles. The summed E-state index contributed by atoms with van der Waals surface area (Å²) in [5.74, 6) is 0.870. The third-order valence-corrected chi connectivity index (χ3v) is 12.8. The summed E-state index contributed by atoms with van der Waals surface area (Å²) in [6.07, 6.45) is 49.4. The molecule has 0 amide bonds. The van der Waals surface area contributed by atoms with Crippen LogP contribution in [0.1, 0.15) is 304 Å². The molecule has 0 spiro atoms. The highest BCUT2D eigenvalue weighted by Gasteiger charge is 2.19. The van der Waals surface area contributed by atoms with Crippen LogP contribution in [0.15, 0.2) is 0 Å². The van der Waals surface area contributed by atoms with E-state index in [0.717, 1.165) is 69.6 Å². The van der Waals surface area contributed by atoms with E-state index in [9.17, 15) is 14.4 Å². The van der Waals surface area contributed by atoms with Crippen LogP contribution in [0.5, 0.6) is 0 Å². The van der Waals surface area contributed by atoms with E-state index in [1.54, 1.807) is 0 Å². The first kappa shape index (κ1) is 59.4. The van der Waals surface area contributed by atoms with E-state index < -0.39 is 6.10 Å². The van der Waals surface area contributed by atoms with Crippen LogP contribution in [0, 0.1) is 11.8 Å². The molecule has 0 rings (SSSR count). The number of unbranched alkanes of at least 4 members (excludes halogenated alkanes) is 33. The number of hydrogen-bond acceptors (Lipinski definition) is 6. The van der Waals surface area contributed by atoms with E-state index >= 15 is 0 Å². The lowest BCUT2D eigenvalue weighted by Crippen LogP contribution is -2.30. The molecule has 2 atom stereocenters. The van der Waals surface area contributed by atoms with Gasteiger partial charge in [-0.25, -0.2) is 0 Å². The van der Waals surface area contributed by atoms with Gasteiger partial charge in [0.05, 0.1) is 0 Å². The predicted octanol–water partition coefficient (Wildman–Crippen LogP) is 17.7. The Morgan fingerprint density at radius 2 is 0.623 bits per heavy atom. The van der Waals surface area contributed by atoms with Crippen molar-refractivity contribution in [2.24, 2.45) is 11.8 Å². The van der Waals surface area contributed by atoms with Crippen molar-refractivity contribution in [3.63, 3.8) is 0 Å². The average Bonchev–Trinajstić information content (AvgIpc) is 3.24. The van der Waals surface area contributed by atoms with Gasteiger partial charge in [0.2, 0.25) is 0 Å². The summed E-state index contributed by atoms with van der Waals surface area (Å²) < 4.78 is 16.8. The van der Waals surface area contributed by atoms with Gasteiger partial charge in [0.15, 0.2) is 6.10 Å². The van der Waals surface area contributed by atoms with Crippen molar-refractivity contribution in [1.82, 2.24) is 0 Å². The molecule has 0 aromatic heterocycles. The fourth-order valence-corrected chi connectivity index (χ4v) is 8.31. The third kappa shape index (κ3) is 47.7. The van der Waals surface area contributed by atoms with Gasteiger partial charge in [-0.1, -0.05) is 266 Å². The standard InChI is InChI=1S/C55H106O6/c1-6-8-9-10-11-12-13-19-27-32-37-42-47-55(58)61-52(49-60-54(57)46-41-36-31-26-22-21-24-29-34-39-44-51(5)7-2)48-59-53(56)45-40-35-30-25-20-17-15-14-16-18-23-28-33-38-43-50(3)4/h50-52H,6-49H2,1-5H3/t51?,52-/m1/s1. The van der Waals surface area contributed by atoms with Crippen LogP contribution in [0.2, 0.25) is 0 Å². The van der Waals surface area contributed by atoms with E-state index in [0.29, 0.717) is 19.3 Å². The first-order valence-corrected chi connectivity index (χ1v) is 27.3. The van der Waals surface area contributed by atoms with E-state index in [1.807, 2.05) is 0 Å². The van der Waals surface area contributed by atoms with Gasteiger partial charge in [-0.3, -0.25) is 14.4 Å². The lowest BCUT2D eigenvalue weighted by atomic mass is 9.99. The number of hydrogen-bond donors (Lipinski definition) is 0. The molecule has 61 heavy (non-hydrogen) atoms. The maximum Gasteiger partial charge on any atom is 0.306 e. The van der Waals surface area contributed by atoms with Crippen molar-refractivity contribution >= 4 is 17.9 Å². The molecule has 0 saturated heterocycles. The topological polar surface area (TPSA) is 78.9 Å². The molecule has 0 N–H and O–H groups in total. The largest absolute Gasteiger partial charge is 0.462 e. The second-order valence-electron chi connectivity index (χ2n) is 19.6. The molecule has 0 aliphatic heterocycles. The monoisotopic (exact) mass is 863 g/mol. The van der Waals surface area contributed by atoms with Crippen LogP contribution in [-0.2, 0) is 28.6 Å². The van der Waals surface area contributed by atoms with Crippen molar-refractivity contribution in [2.45, 2.75) is 310 Å². The maximum absolute atomic E-state index is 12.8. The molecule has 6 nitrogen and oxygen atoms in total. The fourth-order valence-electron chi connectivity index (χ4n) is 8.31. The number of esters is 3. The zero-order valence-corrected chi connectivity index (χ0v) is 41.8. The van der Waals surface area contributed by atoms with E-state index in [-0.39, 0.29) is 31.1 Å². The highest BCUT2D eigenvalue weighted by molar-refractivity contribution is 5.71. The van der Waals surface area contributed by atoms with Gasteiger partial charge in [-0.05, 0) is 31.1 Å². The Morgan fingerprint density at radius 3 is 0.934 bits per heavy atom. The molecule has 362 valence electrons. The first-order valence-electron chi connectivity index (χ1n) is 27.3. The van der Waals surface area contributed by atoms with Gasteiger partial charge in [0, 0.05) is 19.3 Å². The van der Waals surface area contributed by atoms with Crippen LogP contribution in [0.25, 0.3) is 0 Å². The van der Waals surface area contributed by atoms with Gasteiger partial charge in [-0.2, -0.15) is 0 Å². The van der Waals surface area contributed by atoms with Crippen molar-refractivity contribution in [1.29, 1.82) is 0 Å². The summed E-state index contributed by atoms with van der Waals surface area (Å²) in [5, 5.41) is 0. The highest BCUT2D eigenvalue weighted by Crippen LogP contribution is 2.18. The molecule has 0 radical (unpaired) electrons. The van der Waals surface area contributed by atoms with Gasteiger partial charge >= 0.3 is 17.9 Å². The number of rotatable bonds is 49. The Morgan fingerprint density at radius 1 is 0.344 bits per heavy atom. The van der Waals surface area contributed by atoms with Crippen molar-refractivity contribution in [3.8, 4) is 0 Å². The number of ether oxygens (including phenoxy) is 3. The Labute approximate surface area is 380 Å². The first-order chi connectivity index (χ1) is 29.8. The third-order valence-electron chi connectivity index (χ3n) is 12.8. The molecule has 0 aliphatic rings. The maximum atomic E-state index is 12.8. The van der Waals surface area contributed by atoms with Gasteiger partial charge in [0.1, 0.15) is 13.2 Å². The summed E-state index contributed by atoms with van der Waals surface area (Å²) in [6.45, 7) is 11.4. The molecule has 0 aromatic carbocycles. The Balaban J connectivity index is 4.29. The Hall–Kier alpha value is -1.59. The smallest absolute Gasteiger partial charge is 0.306 e. The zero-order valence-electron chi connectivity index (χ0n) is 41.8. The quantitative estimate of drug-likeness (QED) is 0.0344. The number of carbonyl (C=O) groups excluding carboxylic acids is 3. The van der Waals surface area contributed by atoms with Gasteiger partial charge < -0.3 is 14.2 Å². The minimum Gasteiger partial charge on any atom is -0.462 e.